The molecule has 1 atom stereocenters. The highest BCUT2D eigenvalue weighted by atomic mass is 16.1. The summed E-state index contributed by atoms with van der Waals surface area (Å²) < 4.78 is 1.89. The smallest absolute Gasteiger partial charge is 0.272 e. The van der Waals surface area contributed by atoms with Crippen molar-refractivity contribution in [2.75, 3.05) is 13.6 Å². The Hall–Kier alpha value is -2.21. The number of hydrogen-bond acceptors (Lipinski definition) is 4. The highest BCUT2D eigenvalue weighted by Crippen LogP contribution is 2.27. The van der Waals surface area contributed by atoms with Crippen LogP contribution in [0.25, 0.3) is 0 Å². The summed E-state index contributed by atoms with van der Waals surface area (Å²) in [4.78, 5) is 19.2. The molecule has 1 aliphatic carbocycles. The average Bonchev–Trinajstić information content (AvgIpc) is 3.01. The van der Waals surface area contributed by atoms with Crippen LogP contribution >= 0.6 is 0 Å². The van der Waals surface area contributed by atoms with Crippen molar-refractivity contribution in [2.24, 2.45) is 7.05 Å². The Balaban J connectivity index is 1.70. The third-order valence-corrected chi connectivity index (χ3v) is 5.33. The normalized spacial score (nSPS) is 16.5. The summed E-state index contributed by atoms with van der Waals surface area (Å²) >= 11 is 0. The Morgan fingerprint density at radius 1 is 1.38 bits per heavy atom. The molecule has 0 fully saturated rings. The fourth-order valence-electron chi connectivity index (χ4n) is 3.69. The minimum absolute atomic E-state index is 0.0875. The minimum atomic E-state index is -0.0875. The zero-order valence-electron chi connectivity index (χ0n) is 16.0. The number of aromatic nitrogens is 3. The molecule has 0 aromatic carbocycles. The summed E-state index contributed by atoms with van der Waals surface area (Å²) in [5, 5.41) is 7.54. The third kappa shape index (κ3) is 4.12. The number of carbonyl (C=O) groups is 1. The Morgan fingerprint density at radius 2 is 2.15 bits per heavy atom. The fourth-order valence-corrected chi connectivity index (χ4v) is 3.69. The second-order valence-electron chi connectivity index (χ2n) is 7.17. The highest BCUT2D eigenvalue weighted by Gasteiger charge is 2.29. The van der Waals surface area contributed by atoms with Crippen LogP contribution in [0, 0.1) is 0 Å². The molecular weight excluding hydrogens is 326 g/mol. The predicted octanol–water partition coefficient (Wildman–Crippen LogP) is 2.33. The van der Waals surface area contributed by atoms with E-state index in [1.54, 1.807) is 12.4 Å². The van der Waals surface area contributed by atoms with Gasteiger partial charge in [0.25, 0.3) is 5.91 Å². The van der Waals surface area contributed by atoms with Crippen molar-refractivity contribution in [2.45, 2.75) is 51.6 Å². The number of hydrogen-bond donors (Lipinski definition) is 1. The van der Waals surface area contributed by atoms with Gasteiger partial charge in [0.05, 0.1) is 0 Å². The van der Waals surface area contributed by atoms with Crippen LogP contribution < -0.4 is 5.32 Å². The van der Waals surface area contributed by atoms with Crippen LogP contribution in [0.2, 0.25) is 0 Å². The van der Waals surface area contributed by atoms with Gasteiger partial charge in [-0.05, 0) is 57.0 Å². The van der Waals surface area contributed by atoms with Crippen molar-refractivity contribution in [3.8, 4) is 0 Å². The van der Waals surface area contributed by atoms with Crippen LogP contribution in [0.1, 0.15) is 53.5 Å². The first-order chi connectivity index (χ1) is 12.6. The van der Waals surface area contributed by atoms with E-state index in [2.05, 4.69) is 34.3 Å². The van der Waals surface area contributed by atoms with Gasteiger partial charge in [0, 0.05) is 43.3 Å². The molecule has 0 bridgehead atoms. The SMILES string of the molecule is CCCCN(C)[C@@H]1CCc2c(c(C(=O)NCc3ccncc3)nn2C)C1. The first-order valence-corrected chi connectivity index (χ1v) is 9.52. The lowest BCUT2D eigenvalue weighted by Crippen LogP contribution is -2.37. The fraction of sp³-hybridized carbons (Fsp3) is 0.550. The summed E-state index contributed by atoms with van der Waals surface area (Å²) in [7, 11) is 4.14. The maximum absolute atomic E-state index is 12.7. The Labute approximate surface area is 155 Å². The lowest BCUT2D eigenvalue weighted by atomic mass is 9.90. The van der Waals surface area contributed by atoms with Gasteiger partial charge < -0.3 is 10.2 Å². The largest absolute Gasteiger partial charge is 0.347 e. The van der Waals surface area contributed by atoms with E-state index in [1.807, 2.05) is 23.9 Å². The molecule has 0 spiro atoms. The minimum Gasteiger partial charge on any atom is -0.347 e. The van der Waals surface area contributed by atoms with Crippen LogP contribution in [0.5, 0.6) is 0 Å². The maximum atomic E-state index is 12.7. The zero-order valence-corrected chi connectivity index (χ0v) is 16.0. The summed E-state index contributed by atoms with van der Waals surface area (Å²) in [5.41, 5.74) is 3.96. The van der Waals surface area contributed by atoms with Crippen LogP contribution in [-0.4, -0.2) is 45.2 Å². The molecule has 2 aromatic rings. The van der Waals surface area contributed by atoms with E-state index in [9.17, 15) is 4.79 Å². The number of nitrogens with one attached hydrogen (secondary N) is 1. The van der Waals surface area contributed by atoms with Gasteiger partial charge in [-0.2, -0.15) is 5.10 Å². The van der Waals surface area contributed by atoms with Gasteiger partial charge in [0.1, 0.15) is 0 Å². The number of fused-ring (bicyclic) bond motifs is 1. The van der Waals surface area contributed by atoms with Crippen LogP contribution in [-0.2, 0) is 26.4 Å². The molecule has 6 heteroatoms. The predicted molar refractivity (Wildman–Crippen MR) is 102 cm³/mol. The lowest BCUT2D eigenvalue weighted by molar-refractivity contribution is 0.0943. The van der Waals surface area contributed by atoms with Crippen LogP contribution in [0.3, 0.4) is 0 Å². The quantitative estimate of drug-likeness (QED) is 0.828. The van der Waals surface area contributed by atoms with Gasteiger partial charge in [-0.15, -0.1) is 0 Å². The molecule has 0 aliphatic heterocycles. The van der Waals surface area contributed by atoms with E-state index in [0.29, 0.717) is 18.3 Å². The standard InChI is InChI=1S/C20H29N5O/c1-4-5-12-24(2)16-6-7-18-17(13-16)19(23-25(18)3)20(26)22-14-15-8-10-21-11-9-15/h8-11,16H,4-7,12-14H2,1-3H3,(H,22,26)/t16-/m1/s1. The molecule has 26 heavy (non-hydrogen) atoms. The topological polar surface area (TPSA) is 63.1 Å². The molecule has 1 N–H and O–H groups in total. The van der Waals surface area contributed by atoms with Gasteiger partial charge in [-0.1, -0.05) is 13.3 Å². The van der Waals surface area contributed by atoms with Gasteiger partial charge in [-0.3, -0.25) is 14.5 Å². The summed E-state index contributed by atoms with van der Waals surface area (Å²) in [6.45, 7) is 3.83. The number of carbonyl (C=O) groups excluding carboxylic acids is 1. The highest BCUT2D eigenvalue weighted by molar-refractivity contribution is 5.94. The molecule has 0 saturated heterocycles. The van der Waals surface area contributed by atoms with Crippen molar-refractivity contribution in [3.63, 3.8) is 0 Å². The molecule has 0 saturated carbocycles. The molecule has 0 unspecified atom stereocenters. The number of amides is 1. The van der Waals surface area contributed by atoms with Crippen molar-refractivity contribution in [1.82, 2.24) is 25.0 Å². The number of aryl methyl sites for hydroxylation is 1. The van der Waals surface area contributed by atoms with E-state index >= 15 is 0 Å². The molecule has 2 aromatic heterocycles. The molecule has 1 aliphatic rings. The maximum Gasteiger partial charge on any atom is 0.272 e. The van der Waals surface area contributed by atoms with Gasteiger partial charge in [-0.25, -0.2) is 0 Å². The van der Waals surface area contributed by atoms with Crippen molar-refractivity contribution < 1.29 is 4.79 Å². The first-order valence-electron chi connectivity index (χ1n) is 9.52. The zero-order chi connectivity index (χ0) is 18.5. The molecule has 1 amide bonds. The molecule has 140 valence electrons. The Kier molecular flexibility index (Phi) is 6.04. The molecule has 0 radical (unpaired) electrons. The van der Waals surface area contributed by atoms with Crippen molar-refractivity contribution >= 4 is 5.91 Å². The van der Waals surface area contributed by atoms with Crippen LogP contribution in [0.15, 0.2) is 24.5 Å². The van der Waals surface area contributed by atoms with Crippen molar-refractivity contribution in [1.29, 1.82) is 0 Å². The summed E-state index contributed by atoms with van der Waals surface area (Å²) in [6, 6.07) is 4.31. The van der Waals surface area contributed by atoms with E-state index in [4.69, 9.17) is 0 Å². The Bertz CT molecular complexity index is 740. The van der Waals surface area contributed by atoms with E-state index in [-0.39, 0.29) is 5.91 Å². The third-order valence-electron chi connectivity index (χ3n) is 5.33. The number of pyridine rings is 1. The number of rotatable bonds is 7. The van der Waals surface area contributed by atoms with E-state index in [1.165, 1.54) is 18.5 Å². The molecule has 3 rings (SSSR count). The van der Waals surface area contributed by atoms with E-state index in [0.717, 1.165) is 36.9 Å². The molecule has 2 heterocycles. The first kappa shape index (κ1) is 18.6. The molecular formula is C20H29N5O. The van der Waals surface area contributed by atoms with Gasteiger partial charge in [0.15, 0.2) is 5.69 Å². The van der Waals surface area contributed by atoms with E-state index < -0.39 is 0 Å². The Morgan fingerprint density at radius 3 is 2.88 bits per heavy atom. The molecule has 6 nitrogen and oxygen atoms in total. The van der Waals surface area contributed by atoms with Crippen molar-refractivity contribution in [3.05, 3.63) is 47.0 Å². The lowest BCUT2D eigenvalue weighted by Gasteiger charge is -2.31. The average molecular weight is 355 g/mol. The summed E-state index contributed by atoms with van der Waals surface area (Å²) in [6.07, 6.45) is 8.91. The number of nitrogens with zero attached hydrogens (tertiary/aromatic N) is 4. The summed E-state index contributed by atoms with van der Waals surface area (Å²) in [5.74, 6) is -0.0875. The van der Waals surface area contributed by atoms with Crippen LogP contribution in [0.4, 0.5) is 0 Å². The second-order valence-corrected chi connectivity index (χ2v) is 7.17. The van der Waals surface area contributed by atoms with Gasteiger partial charge in [0.2, 0.25) is 0 Å². The number of likely N-dealkylation sites (N-methyl/N-ethyl adjacent to an activating group) is 1. The number of unbranched alkanes of at least 4 members (excludes halogenated alkanes) is 1. The van der Waals surface area contributed by atoms with Gasteiger partial charge >= 0.3 is 0 Å². The second kappa shape index (κ2) is 8.45. The monoisotopic (exact) mass is 355 g/mol.